The highest BCUT2D eigenvalue weighted by Crippen LogP contribution is 2.20. The molecule has 2 N–H and O–H groups in total. The number of nitrogens with zero attached hydrogens (tertiary/aromatic N) is 1. The maximum atomic E-state index is 12.1. The first-order valence-electron chi connectivity index (χ1n) is 5.59. The molecule has 0 spiro atoms. The van der Waals surface area contributed by atoms with Gasteiger partial charge in [-0.2, -0.15) is 0 Å². The van der Waals surface area contributed by atoms with Gasteiger partial charge in [-0.15, -0.1) is 0 Å². The first-order chi connectivity index (χ1) is 8.65. The van der Waals surface area contributed by atoms with E-state index in [1.54, 1.807) is 36.5 Å². The van der Waals surface area contributed by atoms with E-state index in [1.807, 2.05) is 0 Å². The molecule has 0 unspecified atom stereocenters. The van der Waals surface area contributed by atoms with Crippen LogP contribution in [-0.4, -0.2) is 31.7 Å². The highest BCUT2D eigenvalue weighted by Gasteiger charge is 2.16. The molecule has 0 aliphatic rings. The Morgan fingerprint density at radius 3 is 2.83 bits per heavy atom. The van der Waals surface area contributed by atoms with Crippen LogP contribution in [-0.2, 0) is 10.0 Å². The van der Waals surface area contributed by atoms with Gasteiger partial charge in [0.1, 0.15) is 0 Å². The van der Waals surface area contributed by atoms with Gasteiger partial charge in [0.25, 0.3) is 0 Å². The zero-order chi connectivity index (χ0) is 13.0. The smallest absolute Gasteiger partial charge is 0.241 e. The first kappa shape index (κ1) is 12.9. The molecule has 2 aromatic rings. The number of rotatable bonds is 5. The zero-order valence-electron chi connectivity index (χ0n) is 9.70. The van der Waals surface area contributed by atoms with Crippen molar-refractivity contribution in [2.24, 2.45) is 0 Å². The highest BCUT2D eigenvalue weighted by molar-refractivity contribution is 7.89. The molecule has 0 bridgehead atoms. The van der Waals surface area contributed by atoms with E-state index >= 15 is 0 Å². The van der Waals surface area contributed by atoms with Crippen LogP contribution >= 0.6 is 0 Å². The van der Waals surface area contributed by atoms with Crippen molar-refractivity contribution in [3.05, 3.63) is 36.5 Å². The standard InChI is InChI=1S/C12H14N2O3S/c15-9-3-8-14-18(16,17)12-6-1-5-11-10(12)4-2-7-13-11/h1-2,4-7,14-15H,3,8-9H2. The number of benzene rings is 1. The molecule has 0 aliphatic carbocycles. The predicted molar refractivity (Wildman–Crippen MR) is 68.6 cm³/mol. The van der Waals surface area contributed by atoms with Crippen LogP contribution in [0.1, 0.15) is 6.42 Å². The van der Waals surface area contributed by atoms with Crippen LogP contribution in [0.5, 0.6) is 0 Å². The molecule has 1 aromatic heterocycles. The number of aliphatic hydroxyl groups is 1. The van der Waals surface area contributed by atoms with Gasteiger partial charge in [-0.3, -0.25) is 4.98 Å². The van der Waals surface area contributed by atoms with E-state index in [1.165, 1.54) is 0 Å². The number of fused-ring (bicyclic) bond motifs is 1. The monoisotopic (exact) mass is 266 g/mol. The summed E-state index contributed by atoms with van der Waals surface area (Å²) < 4.78 is 26.7. The number of hydrogen-bond donors (Lipinski definition) is 2. The van der Waals surface area contributed by atoms with Crippen molar-refractivity contribution >= 4 is 20.9 Å². The summed E-state index contributed by atoms with van der Waals surface area (Å²) in [7, 11) is -3.56. The van der Waals surface area contributed by atoms with Crippen LogP contribution in [0.25, 0.3) is 10.9 Å². The minimum atomic E-state index is -3.56. The van der Waals surface area contributed by atoms with Gasteiger partial charge in [-0.1, -0.05) is 6.07 Å². The minimum Gasteiger partial charge on any atom is -0.396 e. The Bertz CT molecular complexity index is 635. The van der Waals surface area contributed by atoms with Gasteiger partial charge >= 0.3 is 0 Å². The summed E-state index contributed by atoms with van der Waals surface area (Å²) in [5.41, 5.74) is 0.641. The van der Waals surface area contributed by atoms with Crippen molar-refractivity contribution in [3.63, 3.8) is 0 Å². The van der Waals surface area contributed by atoms with E-state index in [2.05, 4.69) is 9.71 Å². The number of aromatic nitrogens is 1. The summed E-state index contributed by atoms with van der Waals surface area (Å²) in [5, 5.41) is 9.25. The fourth-order valence-corrected chi connectivity index (χ4v) is 2.96. The molecule has 0 aliphatic heterocycles. The van der Waals surface area contributed by atoms with E-state index in [0.717, 1.165) is 0 Å². The molecule has 1 aromatic carbocycles. The van der Waals surface area contributed by atoms with Gasteiger partial charge in [0.2, 0.25) is 10.0 Å². The van der Waals surface area contributed by atoms with Crippen molar-refractivity contribution in [2.45, 2.75) is 11.3 Å². The number of pyridine rings is 1. The minimum absolute atomic E-state index is 0.0421. The number of nitrogens with one attached hydrogen (secondary N) is 1. The molecule has 18 heavy (non-hydrogen) atoms. The lowest BCUT2D eigenvalue weighted by atomic mass is 10.2. The van der Waals surface area contributed by atoms with Gasteiger partial charge in [-0.05, 0) is 30.7 Å². The third-order valence-corrected chi connectivity index (χ3v) is 4.04. The van der Waals surface area contributed by atoms with Gasteiger partial charge in [-0.25, -0.2) is 13.1 Å². The third kappa shape index (κ3) is 2.66. The fourth-order valence-electron chi connectivity index (χ4n) is 1.67. The van der Waals surface area contributed by atoms with Crippen molar-refractivity contribution < 1.29 is 13.5 Å². The van der Waals surface area contributed by atoms with Crippen LogP contribution in [0.3, 0.4) is 0 Å². The Morgan fingerprint density at radius 2 is 2.06 bits per heavy atom. The van der Waals surface area contributed by atoms with Crippen LogP contribution in [0.15, 0.2) is 41.4 Å². The van der Waals surface area contributed by atoms with Crippen molar-refractivity contribution in [1.29, 1.82) is 0 Å². The average molecular weight is 266 g/mol. The average Bonchev–Trinajstić information content (AvgIpc) is 2.38. The van der Waals surface area contributed by atoms with Crippen LogP contribution in [0.2, 0.25) is 0 Å². The molecule has 0 radical (unpaired) electrons. The predicted octanol–water partition coefficient (Wildman–Crippen LogP) is 0.895. The molecule has 0 amide bonds. The van der Waals surface area contributed by atoms with Crippen molar-refractivity contribution in [3.8, 4) is 0 Å². The lowest BCUT2D eigenvalue weighted by molar-refractivity contribution is 0.289. The maximum absolute atomic E-state index is 12.1. The maximum Gasteiger partial charge on any atom is 0.241 e. The second-order valence-corrected chi connectivity index (χ2v) is 5.54. The number of hydrogen-bond acceptors (Lipinski definition) is 4. The normalized spacial score (nSPS) is 11.8. The summed E-state index contributed by atoms with van der Waals surface area (Å²) in [6, 6.07) is 8.40. The summed E-state index contributed by atoms with van der Waals surface area (Å²) in [5.74, 6) is 0. The fraction of sp³-hybridized carbons (Fsp3) is 0.250. The molecule has 2 rings (SSSR count). The number of aliphatic hydroxyl groups excluding tert-OH is 1. The number of sulfonamides is 1. The molecule has 1 heterocycles. The van der Waals surface area contributed by atoms with Gasteiger partial charge in [0.15, 0.2) is 0 Å². The Balaban J connectivity index is 2.41. The molecule has 0 saturated heterocycles. The van der Waals surface area contributed by atoms with Crippen molar-refractivity contribution in [1.82, 2.24) is 9.71 Å². The Labute approximate surface area is 106 Å². The summed E-state index contributed by atoms with van der Waals surface area (Å²) in [6.07, 6.45) is 2.01. The van der Waals surface area contributed by atoms with Crippen LogP contribution in [0.4, 0.5) is 0 Å². The topological polar surface area (TPSA) is 79.3 Å². The summed E-state index contributed by atoms with van der Waals surface area (Å²) in [4.78, 5) is 4.33. The molecular formula is C12H14N2O3S. The molecule has 0 atom stereocenters. The quantitative estimate of drug-likeness (QED) is 0.788. The molecule has 96 valence electrons. The zero-order valence-corrected chi connectivity index (χ0v) is 10.5. The molecular weight excluding hydrogens is 252 g/mol. The van der Waals surface area contributed by atoms with Crippen LogP contribution in [0, 0.1) is 0 Å². The largest absolute Gasteiger partial charge is 0.396 e. The first-order valence-corrected chi connectivity index (χ1v) is 7.08. The lowest BCUT2D eigenvalue weighted by Crippen LogP contribution is -2.25. The molecule has 5 nitrogen and oxygen atoms in total. The third-order valence-electron chi connectivity index (χ3n) is 2.52. The second kappa shape index (κ2) is 5.43. The molecule has 0 saturated carbocycles. The van der Waals surface area contributed by atoms with Crippen LogP contribution < -0.4 is 4.72 Å². The highest BCUT2D eigenvalue weighted by atomic mass is 32.2. The summed E-state index contributed by atoms with van der Waals surface area (Å²) in [6.45, 7) is 0.176. The SMILES string of the molecule is O=S(=O)(NCCCO)c1cccc2ncccc12. The van der Waals surface area contributed by atoms with Gasteiger partial charge < -0.3 is 5.11 Å². The molecule has 0 fully saturated rings. The van der Waals surface area contributed by atoms with Gasteiger partial charge in [0, 0.05) is 24.7 Å². The van der Waals surface area contributed by atoms with E-state index < -0.39 is 10.0 Å². The molecule has 6 heteroatoms. The Kier molecular flexibility index (Phi) is 3.90. The van der Waals surface area contributed by atoms with E-state index in [9.17, 15) is 8.42 Å². The summed E-state index contributed by atoms with van der Waals surface area (Å²) >= 11 is 0. The second-order valence-electron chi connectivity index (χ2n) is 3.80. The Morgan fingerprint density at radius 1 is 1.22 bits per heavy atom. The van der Waals surface area contributed by atoms with Gasteiger partial charge in [0.05, 0.1) is 10.4 Å². The van der Waals surface area contributed by atoms with E-state index in [-0.39, 0.29) is 18.0 Å². The Hall–Kier alpha value is -1.50. The lowest BCUT2D eigenvalue weighted by Gasteiger charge is -2.08. The van der Waals surface area contributed by atoms with E-state index in [0.29, 0.717) is 17.3 Å². The van der Waals surface area contributed by atoms with Crippen molar-refractivity contribution in [2.75, 3.05) is 13.2 Å². The van der Waals surface area contributed by atoms with E-state index in [4.69, 9.17) is 5.11 Å².